The Hall–Kier alpha value is -1.83. The first-order valence-electron chi connectivity index (χ1n) is 6.86. The topological polar surface area (TPSA) is 87.9 Å². The first-order valence-corrected chi connectivity index (χ1v) is 8.02. The van der Waals surface area contributed by atoms with Gasteiger partial charge in [0.2, 0.25) is 5.91 Å². The first-order chi connectivity index (χ1) is 10.2. The van der Waals surface area contributed by atoms with E-state index < -0.39 is 0 Å². The van der Waals surface area contributed by atoms with E-state index in [4.69, 9.17) is 4.52 Å². The van der Waals surface area contributed by atoms with Gasteiger partial charge in [-0.05, 0) is 26.7 Å². The lowest BCUT2D eigenvalue weighted by Gasteiger charge is -2.24. The highest BCUT2D eigenvalue weighted by molar-refractivity contribution is 7.99. The number of carbonyl (C=O) groups is 1. The molecule has 21 heavy (non-hydrogen) atoms. The number of aromatic amines is 1. The average Bonchev–Trinajstić information content (AvgIpc) is 3.07. The van der Waals surface area contributed by atoms with E-state index in [1.807, 2.05) is 13.8 Å². The van der Waals surface area contributed by atoms with Crippen LogP contribution in [0.5, 0.6) is 0 Å². The minimum absolute atomic E-state index is 0.0709. The number of hydrogen-bond acceptors (Lipinski definition) is 6. The number of rotatable bonds is 4. The van der Waals surface area contributed by atoms with E-state index in [2.05, 4.69) is 20.6 Å². The molecule has 1 aliphatic rings. The summed E-state index contributed by atoms with van der Waals surface area (Å²) in [6.07, 6.45) is 1.81. The van der Waals surface area contributed by atoms with Gasteiger partial charge in [-0.3, -0.25) is 9.69 Å². The molecule has 0 saturated heterocycles. The summed E-state index contributed by atoms with van der Waals surface area (Å²) in [7, 11) is 0. The van der Waals surface area contributed by atoms with Crippen molar-refractivity contribution in [3.63, 3.8) is 0 Å². The summed E-state index contributed by atoms with van der Waals surface area (Å²) in [5.41, 5.74) is 2.85. The molecule has 3 heterocycles. The Labute approximate surface area is 126 Å². The van der Waals surface area contributed by atoms with Gasteiger partial charge in [-0.2, -0.15) is 10.3 Å². The molecule has 7 nitrogen and oxygen atoms in total. The molecule has 2 aromatic rings. The van der Waals surface area contributed by atoms with Crippen LogP contribution in [0.2, 0.25) is 0 Å². The third-order valence-corrected chi connectivity index (χ3v) is 4.55. The van der Waals surface area contributed by atoms with Gasteiger partial charge in [0.25, 0.3) is 0 Å². The quantitative estimate of drug-likeness (QED) is 0.923. The molecule has 1 aliphatic heterocycles. The summed E-state index contributed by atoms with van der Waals surface area (Å²) in [5, 5.41) is 14.7. The highest BCUT2D eigenvalue weighted by atomic mass is 32.2. The van der Waals surface area contributed by atoms with Crippen LogP contribution >= 0.6 is 11.8 Å². The van der Waals surface area contributed by atoms with Crippen LogP contribution in [0.3, 0.4) is 0 Å². The number of fused-ring (bicyclic) bond motifs is 1. The van der Waals surface area contributed by atoms with Crippen LogP contribution < -0.4 is 4.90 Å². The Kier molecular flexibility index (Phi) is 3.96. The molecule has 0 unspecified atom stereocenters. The highest BCUT2D eigenvalue weighted by Crippen LogP contribution is 2.24. The number of anilines is 1. The molecule has 112 valence electrons. The van der Waals surface area contributed by atoms with Crippen LogP contribution in [0.1, 0.15) is 29.1 Å². The largest absolute Gasteiger partial charge is 0.361 e. The molecule has 8 heteroatoms. The summed E-state index contributed by atoms with van der Waals surface area (Å²) < 4.78 is 5.12. The first kappa shape index (κ1) is 14.1. The zero-order valence-electron chi connectivity index (χ0n) is 12.0. The molecule has 2 aromatic heterocycles. The van der Waals surface area contributed by atoms with Crippen LogP contribution in [0, 0.1) is 13.8 Å². The third-order valence-electron chi connectivity index (χ3n) is 3.60. The number of amides is 1. The zero-order chi connectivity index (χ0) is 14.8. The van der Waals surface area contributed by atoms with E-state index >= 15 is 0 Å². The molecular weight excluding hydrogens is 290 g/mol. The standard InChI is InChI=1S/C13H17N5O2S/c1-8-10(9(2)20-16-8)6-21-7-12(19)18-5-3-4-11-13(18)15-17-14-11/h3-7H2,1-2H3,(H,14,15,17). The summed E-state index contributed by atoms with van der Waals surface area (Å²) in [6, 6.07) is 0. The second-order valence-electron chi connectivity index (χ2n) is 5.04. The molecule has 1 N–H and O–H groups in total. The van der Waals surface area contributed by atoms with Crippen molar-refractivity contribution in [1.82, 2.24) is 20.6 Å². The van der Waals surface area contributed by atoms with Crippen molar-refractivity contribution in [2.75, 3.05) is 17.2 Å². The highest BCUT2D eigenvalue weighted by Gasteiger charge is 2.25. The fourth-order valence-corrected chi connectivity index (χ4v) is 3.46. The molecule has 0 radical (unpaired) electrons. The van der Waals surface area contributed by atoms with Gasteiger partial charge in [0.1, 0.15) is 11.5 Å². The van der Waals surface area contributed by atoms with Crippen molar-refractivity contribution in [3.8, 4) is 0 Å². The predicted molar refractivity (Wildman–Crippen MR) is 79.2 cm³/mol. The lowest BCUT2D eigenvalue weighted by Crippen LogP contribution is -2.36. The monoisotopic (exact) mass is 307 g/mol. The van der Waals surface area contributed by atoms with Crippen molar-refractivity contribution in [1.29, 1.82) is 0 Å². The normalized spacial score (nSPS) is 14.3. The molecule has 0 aliphatic carbocycles. The Bertz CT molecular complexity index is 631. The second-order valence-corrected chi connectivity index (χ2v) is 6.02. The number of hydrogen-bond donors (Lipinski definition) is 1. The zero-order valence-corrected chi connectivity index (χ0v) is 12.9. The fourth-order valence-electron chi connectivity index (χ4n) is 2.41. The molecule has 0 aromatic carbocycles. The minimum Gasteiger partial charge on any atom is -0.361 e. The Morgan fingerprint density at radius 3 is 3.05 bits per heavy atom. The van der Waals surface area contributed by atoms with Crippen LogP contribution in [0.15, 0.2) is 4.52 Å². The van der Waals surface area contributed by atoms with Crippen molar-refractivity contribution < 1.29 is 9.32 Å². The molecule has 0 saturated carbocycles. The summed E-state index contributed by atoms with van der Waals surface area (Å²) in [5.74, 6) is 2.72. The van der Waals surface area contributed by atoms with Gasteiger partial charge in [0.15, 0.2) is 5.82 Å². The van der Waals surface area contributed by atoms with Gasteiger partial charge in [0.05, 0.1) is 11.4 Å². The third kappa shape index (κ3) is 2.80. The van der Waals surface area contributed by atoms with E-state index in [1.54, 1.807) is 16.7 Å². The van der Waals surface area contributed by atoms with Crippen LogP contribution in [0.4, 0.5) is 5.82 Å². The number of carbonyl (C=O) groups excluding carboxylic acids is 1. The number of aromatic nitrogens is 4. The summed E-state index contributed by atoms with van der Waals surface area (Å²) >= 11 is 1.57. The van der Waals surface area contributed by atoms with E-state index in [-0.39, 0.29) is 5.91 Å². The minimum atomic E-state index is 0.0709. The van der Waals surface area contributed by atoms with Gasteiger partial charge in [-0.25, -0.2) is 0 Å². The van der Waals surface area contributed by atoms with E-state index in [0.29, 0.717) is 18.1 Å². The maximum Gasteiger partial charge on any atom is 0.238 e. The van der Waals surface area contributed by atoms with Crippen molar-refractivity contribution >= 4 is 23.5 Å². The van der Waals surface area contributed by atoms with E-state index in [1.165, 1.54) is 0 Å². The van der Waals surface area contributed by atoms with Crippen molar-refractivity contribution in [2.45, 2.75) is 32.4 Å². The van der Waals surface area contributed by atoms with E-state index in [9.17, 15) is 4.79 Å². The molecule has 1 amide bonds. The molecule has 0 bridgehead atoms. The average molecular weight is 307 g/mol. The number of nitrogens with zero attached hydrogens (tertiary/aromatic N) is 4. The summed E-state index contributed by atoms with van der Waals surface area (Å²) in [4.78, 5) is 14.1. The van der Waals surface area contributed by atoms with Crippen molar-refractivity contribution in [3.05, 3.63) is 22.7 Å². The molecule has 0 fully saturated rings. The SMILES string of the molecule is Cc1noc(C)c1CSCC(=O)N1CCCc2n[nH]nc21. The van der Waals surface area contributed by atoms with Gasteiger partial charge >= 0.3 is 0 Å². The molecule has 0 atom stereocenters. The number of thioether (sulfide) groups is 1. The van der Waals surface area contributed by atoms with Gasteiger partial charge in [-0.1, -0.05) is 5.16 Å². The lowest BCUT2D eigenvalue weighted by atomic mass is 10.1. The Morgan fingerprint density at radius 1 is 1.43 bits per heavy atom. The number of nitrogens with one attached hydrogen (secondary N) is 1. The Morgan fingerprint density at radius 2 is 2.29 bits per heavy atom. The number of H-pyrrole nitrogens is 1. The summed E-state index contributed by atoms with van der Waals surface area (Å²) in [6.45, 7) is 4.52. The number of aryl methyl sites for hydroxylation is 3. The maximum absolute atomic E-state index is 12.3. The molecular formula is C13H17N5O2S. The molecule has 3 rings (SSSR count). The van der Waals surface area contributed by atoms with Crippen molar-refractivity contribution in [2.24, 2.45) is 0 Å². The van der Waals surface area contributed by atoms with Gasteiger partial charge in [-0.15, -0.1) is 16.9 Å². The smallest absolute Gasteiger partial charge is 0.238 e. The van der Waals surface area contributed by atoms with Crippen LogP contribution in [0.25, 0.3) is 0 Å². The van der Waals surface area contributed by atoms with Gasteiger partial charge < -0.3 is 4.52 Å². The van der Waals surface area contributed by atoms with Crippen LogP contribution in [-0.4, -0.2) is 38.8 Å². The predicted octanol–water partition coefficient (Wildman–Crippen LogP) is 1.62. The second kappa shape index (κ2) is 5.88. The van der Waals surface area contributed by atoms with E-state index in [0.717, 1.165) is 41.3 Å². The lowest BCUT2D eigenvalue weighted by molar-refractivity contribution is -0.116. The molecule has 0 spiro atoms. The van der Waals surface area contributed by atoms with Crippen LogP contribution in [-0.2, 0) is 17.0 Å². The maximum atomic E-state index is 12.3. The fraction of sp³-hybridized carbons (Fsp3) is 0.538. The van der Waals surface area contributed by atoms with Gasteiger partial charge in [0, 0.05) is 17.9 Å². The Balaban J connectivity index is 1.59.